The maximum atomic E-state index is 5.48. The first-order valence-electron chi connectivity index (χ1n) is 6.73. The van der Waals surface area contributed by atoms with Gasteiger partial charge in [0.1, 0.15) is 0 Å². The Kier molecular flexibility index (Phi) is 7.81. The number of hydrogen-bond donors (Lipinski definition) is 1. The molecule has 0 saturated heterocycles. The highest BCUT2D eigenvalue weighted by Gasteiger charge is 2.26. The first kappa shape index (κ1) is 13.9. The van der Waals surface area contributed by atoms with E-state index in [0.29, 0.717) is 6.04 Å². The normalized spacial score (nSPS) is 17.6. The summed E-state index contributed by atoms with van der Waals surface area (Å²) in [5, 5.41) is 3.49. The van der Waals surface area contributed by atoms with Gasteiger partial charge in [-0.15, -0.1) is 0 Å². The molecule has 0 aromatic heterocycles. The lowest BCUT2D eigenvalue weighted by atomic mass is 10.2. The van der Waals surface area contributed by atoms with Crippen LogP contribution in [0.1, 0.15) is 39.5 Å². The molecule has 1 fully saturated rings. The topological polar surface area (TPSA) is 30.5 Å². The van der Waals surface area contributed by atoms with Crippen molar-refractivity contribution >= 4 is 0 Å². The van der Waals surface area contributed by atoms with Crippen LogP contribution in [0.3, 0.4) is 0 Å². The van der Waals surface area contributed by atoms with E-state index in [0.717, 1.165) is 45.3 Å². The van der Waals surface area contributed by atoms with Crippen LogP contribution >= 0.6 is 0 Å². The summed E-state index contributed by atoms with van der Waals surface area (Å²) in [5.74, 6) is 0.928. The molecule has 0 aromatic rings. The van der Waals surface area contributed by atoms with Crippen molar-refractivity contribution in [2.75, 3.05) is 33.0 Å². The molecule has 1 aliphatic rings. The summed E-state index contributed by atoms with van der Waals surface area (Å²) in [6.07, 6.45) is 5.16. The number of ether oxygens (including phenoxy) is 2. The fourth-order valence-electron chi connectivity index (χ4n) is 1.69. The Bertz CT molecular complexity index is 160. The van der Waals surface area contributed by atoms with Gasteiger partial charge in [0.25, 0.3) is 0 Å². The van der Waals surface area contributed by atoms with E-state index in [1.165, 1.54) is 19.3 Å². The van der Waals surface area contributed by atoms with E-state index in [-0.39, 0.29) is 0 Å². The van der Waals surface area contributed by atoms with Gasteiger partial charge < -0.3 is 14.8 Å². The zero-order valence-electron chi connectivity index (χ0n) is 10.8. The monoisotopic (exact) mass is 229 g/mol. The zero-order chi connectivity index (χ0) is 11.6. The van der Waals surface area contributed by atoms with Gasteiger partial charge in [0.05, 0.1) is 19.8 Å². The molecule has 0 bridgehead atoms. The Balaban J connectivity index is 1.71. The lowest BCUT2D eigenvalue weighted by Crippen LogP contribution is -2.31. The van der Waals surface area contributed by atoms with E-state index in [2.05, 4.69) is 19.2 Å². The third-order valence-corrected chi connectivity index (χ3v) is 3.06. The van der Waals surface area contributed by atoms with Crippen LogP contribution in [0, 0.1) is 5.92 Å². The first-order valence-corrected chi connectivity index (χ1v) is 6.73. The van der Waals surface area contributed by atoms with Crippen molar-refractivity contribution in [2.45, 2.75) is 45.6 Å². The first-order chi connectivity index (χ1) is 7.84. The summed E-state index contributed by atoms with van der Waals surface area (Å²) in [6, 6.07) is 0.671. The van der Waals surface area contributed by atoms with Crippen molar-refractivity contribution < 1.29 is 9.47 Å². The second kappa shape index (κ2) is 8.97. The van der Waals surface area contributed by atoms with Crippen LogP contribution in [0.25, 0.3) is 0 Å². The van der Waals surface area contributed by atoms with Crippen molar-refractivity contribution in [3.63, 3.8) is 0 Å². The molecule has 16 heavy (non-hydrogen) atoms. The lowest BCUT2D eigenvalue weighted by Gasteiger charge is -2.12. The van der Waals surface area contributed by atoms with Gasteiger partial charge in [0, 0.05) is 19.2 Å². The summed E-state index contributed by atoms with van der Waals surface area (Å²) in [5.41, 5.74) is 0. The molecule has 0 heterocycles. The number of rotatable bonds is 11. The van der Waals surface area contributed by atoms with Crippen LogP contribution in [-0.4, -0.2) is 39.0 Å². The Hall–Kier alpha value is -0.120. The highest BCUT2D eigenvalue weighted by molar-refractivity contribution is 4.82. The minimum absolute atomic E-state index is 0.671. The van der Waals surface area contributed by atoms with Crippen LogP contribution in [0.15, 0.2) is 0 Å². The Morgan fingerprint density at radius 2 is 1.81 bits per heavy atom. The van der Waals surface area contributed by atoms with Gasteiger partial charge >= 0.3 is 0 Å². The quantitative estimate of drug-likeness (QED) is 0.551. The Morgan fingerprint density at radius 3 is 2.44 bits per heavy atom. The highest BCUT2D eigenvalue weighted by Crippen LogP contribution is 2.32. The van der Waals surface area contributed by atoms with E-state index < -0.39 is 0 Å². The van der Waals surface area contributed by atoms with Crippen molar-refractivity contribution in [3.8, 4) is 0 Å². The van der Waals surface area contributed by atoms with Crippen molar-refractivity contribution in [1.82, 2.24) is 5.32 Å². The minimum Gasteiger partial charge on any atom is -0.379 e. The van der Waals surface area contributed by atoms with Crippen molar-refractivity contribution in [3.05, 3.63) is 0 Å². The molecule has 1 rings (SSSR count). The molecule has 3 nitrogen and oxygen atoms in total. The standard InChI is InChI=1S/C13H27NO2/c1-3-4-8-15-10-11-16-9-7-14-12(2)13-5-6-13/h12-14H,3-11H2,1-2H3. The number of unbranched alkanes of at least 4 members (excludes halogenated alkanes) is 1. The largest absolute Gasteiger partial charge is 0.379 e. The maximum absolute atomic E-state index is 5.48. The molecule has 1 aliphatic carbocycles. The minimum atomic E-state index is 0.671. The SMILES string of the molecule is CCCCOCCOCCNC(C)C1CC1. The summed E-state index contributed by atoms with van der Waals surface area (Å²) < 4.78 is 10.9. The molecule has 3 heteroatoms. The Morgan fingerprint density at radius 1 is 1.12 bits per heavy atom. The van der Waals surface area contributed by atoms with Crippen LogP contribution in [-0.2, 0) is 9.47 Å². The molecule has 0 aromatic carbocycles. The van der Waals surface area contributed by atoms with Gasteiger partial charge in [-0.1, -0.05) is 13.3 Å². The van der Waals surface area contributed by atoms with E-state index in [9.17, 15) is 0 Å². The van der Waals surface area contributed by atoms with Gasteiger partial charge in [-0.2, -0.15) is 0 Å². The van der Waals surface area contributed by atoms with E-state index in [1.807, 2.05) is 0 Å². The highest BCUT2D eigenvalue weighted by atomic mass is 16.5. The number of hydrogen-bond acceptors (Lipinski definition) is 3. The van der Waals surface area contributed by atoms with Crippen LogP contribution in [0.2, 0.25) is 0 Å². The molecule has 1 N–H and O–H groups in total. The fourth-order valence-corrected chi connectivity index (χ4v) is 1.69. The molecule has 0 aliphatic heterocycles. The molecule has 1 saturated carbocycles. The predicted molar refractivity (Wildman–Crippen MR) is 66.7 cm³/mol. The summed E-state index contributed by atoms with van der Waals surface area (Å²) in [7, 11) is 0. The van der Waals surface area contributed by atoms with Crippen molar-refractivity contribution in [2.24, 2.45) is 5.92 Å². The number of nitrogens with one attached hydrogen (secondary N) is 1. The molecule has 0 amide bonds. The summed E-state index contributed by atoms with van der Waals surface area (Å²) >= 11 is 0. The molecular formula is C13H27NO2. The fraction of sp³-hybridized carbons (Fsp3) is 1.00. The van der Waals surface area contributed by atoms with E-state index in [1.54, 1.807) is 0 Å². The van der Waals surface area contributed by atoms with Gasteiger partial charge in [-0.05, 0) is 32.1 Å². The van der Waals surface area contributed by atoms with Gasteiger partial charge in [0.2, 0.25) is 0 Å². The van der Waals surface area contributed by atoms with Crippen LogP contribution in [0.4, 0.5) is 0 Å². The average Bonchev–Trinajstić information content (AvgIpc) is 3.10. The van der Waals surface area contributed by atoms with Crippen LogP contribution in [0.5, 0.6) is 0 Å². The molecule has 1 atom stereocenters. The van der Waals surface area contributed by atoms with Crippen LogP contribution < -0.4 is 5.32 Å². The lowest BCUT2D eigenvalue weighted by molar-refractivity contribution is 0.0471. The molecule has 0 radical (unpaired) electrons. The predicted octanol–water partition coefficient (Wildman–Crippen LogP) is 2.21. The average molecular weight is 229 g/mol. The molecule has 1 unspecified atom stereocenters. The zero-order valence-corrected chi connectivity index (χ0v) is 10.8. The molecule has 0 spiro atoms. The van der Waals surface area contributed by atoms with E-state index in [4.69, 9.17) is 9.47 Å². The second-order valence-electron chi connectivity index (χ2n) is 4.66. The smallest absolute Gasteiger partial charge is 0.0701 e. The molecule has 96 valence electrons. The van der Waals surface area contributed by atoms with Gasteiger partial charge in [-0.3, -0.25) is 0 Å². The Labute approximate surface area is 99.9 Å². The third-order valence-electron chi connectivity index (χ3n) is 3.06. The second-order valence-corrected chi connectivity index (χ2v) is 4.66. The third kappa shape index (κ3) is 7.20. The summed E-state index contributed by atoms with van der Waals surface area (Å²) in [6.45, 7) is 8.54. The van der Waals surface area contributed by atoms with Gasteiger partial charge in [-0.25, -0.2) is 0 Å². The molecular weight excluding hydrogens is 202 g/mol. The maximum Gasteiger partial charge on any atom is 0.0701 e. The van der Waals surface area contributed by atoms with Gasteiger partial charge in [0.15, 0.2) is 0 Å². The van der Waals surface area contributed by atoms with E-state index >= 15 is 0 Å². The summed E-state index contributed by atoms with van der Waals surface area (Å²) in [4.78, 5) is 0. The van der Waals surface area contributed by atoms with Crippen molar-refractivity contribution in [1.29, 1.82) is 0 Å².